The zero-order valence-corrected chi connectivity index (χ0v) is 15.8. The second-order valence-corrected chi connectivity index (χ2v) is 6.39. The van der Waals surface area contributed by atoms with Crippen molar-refractivity contribution in [2.75, 3.05) is 0 Å². The van der Waals surface area contributed by atoms with Crippen molar-refractivity contribution in [2.24, 2.45) is 0 Å². The molecule has 1 aliphatic carbocycles. The smallest absolute Gasteiger partial charge is 0.167 e. The van der Waals surface area contributed by atoms with E-state index in [0.29, 0.717) is 5.69 Å². The fraction of sp³-hybridized carbons (Fsp3) is 0.238. The minimum Gasteiger partial charge on any atom is -0.400 e. The first kappa shape index (κ1) is 18.5. The van der Waals surface area contributed by atoms with E-state index in [-0.39, 0.29) is 30.5 Å². The van der Waals surface area contributed by atoms with Gasteiger partial charge in [0.2, 0.25) is 0 Å². The van der Waals surface area contributed by atoms with Gasteiger partial charge in [-0.25, -0.2) is 0 Å². The molecule has 26 heavy (non-hydrogen) atoms. The summed E-state index contributed by atoms with van der Waals surface area (Å²) in [6, 6.07) is 23.3. The molecule has 5 heteroatoms. The number of benzene rings is 2. The molecular weight excluding hydrogens is 361 g/mol. The number of hydrogen-bond donors (Lipinski definition) is 1. The predicted molar refractivity (Wildman–Crippen MR) is 97.6 cm³/mol. The Bertz CT molecular complexity index is 798. The summed E-state index contributed by atoms with van der Waals surface area (Å²) in [4.78, 5) is 12.6. The third-order valence-electron chi connectivity index (χ3n) is 4.60. The molecule has 1 fully saturated rings. The minimum atomic E-state index is -0.140. The van der Waals surface area contributed by atoms with Crippen LogP contribution in [0.5, 0.6) is 0 Å². The maximum Gasteiger partial charge on any atom is 0.167 e. The average molecular weight is 381 g/mol. The topological polar surface area (TPSA) is 46.9 Å². The Labute approximate surface area is 165 Å². The van der Waals surface area contributed by atoms with E-state index >= 15 is 0 Å². The second kappa shape index (κ2) is 8.39. The van der Waals surface area contributed by atoms with E-state index < -0.39 is 0 Å². The molecule has 0 atom stereocenters. The SMILES string of the molecule is O=C(NC1CCCC1)c1[c-]c(-c2ccccc2)n(-c2ccccc2)n1.[V]. The monoisotopic (exact) mass is 381 g/mol. The standard InChI is InChI=1S/C21H20N3O.V/c25-21(22-17-11-7-8-12-17)19-15-20(16-9-3-1-4-10-16)24(23-19)18-13-5-2-6-14-18;/h1-6,9-10,13-14,17H,7-8,11-12H2,(H,22,25);/q-1;. The van der Waals surface area contributed by atoms with Gasteiger partial charge in [-0.15, -0.1) is 18.2 Å². The van der Waals surface area contributed by atoms with Gasteiger partial charge in [0, 0.05) is 30.3 Å². The van der Waals surface area contributed by atoms with E-state index in [1.54, 1.807) is 4.68 Å². The Kier molecular flexibility index (Phi) is 5.97. The Morgan fingerprint density at radius 3 is 2.27 bits per heavy atom. The molecule has 4 nitrogen and oxygen atoms in total. The number of carbonyl (C=O) groups is 1. The molecule has 0 saturated heterocycles. The molecule has 1 aliphatic rings. The van der Waals surface area contributed by atoms with Crippen molar-refractivity contribution in [3.8, 4) is 16.9 Å². The van der Waals surface area contributed by atoms with E-state index in [2.05, 4.69) is 16.5 Å². The first-order valence-corrected chi connectivity index (χ1v) is 8.75. The molecule has 1 saturated carbocycles. The summed E-state index contributed by atoms with van der Waals surface area (Å²) in [5, 5.41) is 7.64. The van der Waals surface area contributed by atoms with Gasteiger partial charge >= 0.3 is 0 Å². The number of nitrogens with one attached hydrogen (secondary N) is 1. The molecule has 0 unspecified atom stereocenters. The number of nitrogens with zero attached hydrogens (tertiary/aromatic N) is 2. The summed E-state index contributed by atoms with van der Waals surface area (Å²) in [7, 11) is 0. The third-order valence-corrected chi connectivity index (χ3v) is 4.60. The van der Waals surface area contributed by atoms with Gasteiger partial charge < -0.3 is 10.1 Å². The molecule has 0 aliphatic heterocycles. The van der Waals surface area contributed by atoms with Gasteiger partial charge in [0.25, 0.3) is 0 Å². The molecule has 4 rings (SSSR count). The summed E-state index contributed by atoms with van der Waals surface area (Å²) in [6.07, 6.45) is 4.47. The Hall–Kier alpha value is -2.30. The van der Waals surface area contributed by atoms with E-state index in [9.17, 15) is 4.79 Å². The number of carbonyl (C=O) groups excluding carboxylic acids is 1. The van der Waals surface area contributed by atoms with Crippen LogP contribution in [0.15, 0.2) is 60.7 Å². The van der Waals surface area contributed by atoms with Gasteiger partial charge in [-0.05, 0) is 30.7 Å². The van der Waals surface area contributed by atoms with E-state index in [1.807, 2.05) is 60.7 Å². The van der Waals surface area contributed by atoms with Crippen LogP contribution in [0.25, 0.3) is 16.9 Å². The summed E-state index contributed by atoms with van der Waals surface area (Å²) >= 11 is 0. The van der Waals surface area contributed by atoms with Crippen molar-refractivity contribution in [3.63, 3.8) is 0 Å². The quantitative estimate of drug-likeness (QED) is 0.694. The zero-order chi connectivity index (χ0) is 17.1. The fourth-order valence-corrected chi connectivity index (χ4v) is 3.31. The number of rotatable bonds is 4. The molecule has 1 heterocycles. The minimum absolute atomic E-state index is 0. The Balaban J connectivity index is 0.00000196. The van der Waals surface area contributed by atoms with Crippen LogP contribution in [0.1, 0.15) is 36.2 Å². The van der Waals surface area contributed by atoms with Crippen LogP contribution >= 0.6 is 0 Å². The molecule has 0 spiro atoms. The molecular formula is C21H20N3OV-. The fourth-order valence-electron chi connectivity index (χ4n) is 3.31. The number of hydrogen-bond acceptors (Lipinski definition) is 2. The van der Waals surface area contributed by atoms with Gasteiger partial charge in [-0.1, -0.05) is 54.8 Å². The number of amides is 1. The van der Waals surface area contributed by atoms with Crippen LogP contribution in [-0.4, -0.2) is 21.7 Å². The number of para-hydroxylation sites is 1. The normalized spacial score (nSPS) is 14.0. The van der Waals surface area contributed by atoms with Crippen molar-refractivity contribution in [1.82, 2.24) is 15.1 Å². The van der Waals surface area contributed by atoms with Crippen molar-refractivity contribution in [2.45, 2.75) is 31.7 Å². The van der Waals surface area contributed by atoms with Crippen LogP contribution in [0.3, 0.4) is 0 Å². The van der Waals surface area contributed by atoms with Crippen LogP contribution in [0, 0.1) is 6.07 Å². The third kappa shape index (κ3) is 3.92. The molecule has 2 aromatic carbocycles. The van der Waals surface area contributed by atoms with Crippen molar-refractivity contribution in [1.29, 1.82) is 0 Å². The van der Waals surface area contributed by atoms with Crippen LogP contribution in [0.4, 0.5) is 0 Å². The maximum absolute atomic E-state index is 12.6. The predicted octanol–water partition coefficient (Wildman–Crippen LogP) is 4.01. The van der Waals surface area contributed by atoms with Gasteiger partial charge in [-0.3, -0.25) is 4.68 Å². The second-order valence-electron chi connectivity index (χ2n) is 6.39. The number of aromatic nitrogens is 2. The van der Waals surface area contributed by atoms with Crippen molar-refractivity contribution < 1.29 is 23.4 Å². The maximum atomic E-state index is 12.6. The van der Waals surface area contributed by atoms with Crippen LogP contribution in [0.2, 0.25) is 0 Å². The van der Waals surface area contributed by atoms with Crippen LogP contribution < -0.4 is 5.32 Å². The average Bonchev–Trinajstić information content (AvgIpc) is 3.33. The first-order chi connectivity index (χ1) is 12.3. The molecule has 1 aromatic heterocycles. The largest absolute Gasteiger partial charge is 0.400 e. The van der Waals surface area contributed by atoms with Gasteiger partial charge in [0.15, 0.2) is 5.91 Å². The molecule has 1 radical (unpaired) electrons. The summed E-state index contributed by atoms with van der Waals surface area (Å²) < 4.78 is 1.79. The van der Waals surface area contributed by atoms with E-state index in [1.165, 1.54) is 12.8 Å². The molecule has 131 valence electrons. The molecule has 1 amide bonds. The summed E-state index contributed by atoms with van der Waals surface area (Å²) in [5.41, 5.74) is 3.04. The summed E-state index contributed by atoms with van der Waals surface area (Å²) in [6.45, 7) is 0. The summed E-state index contributed by atoms with van der Waals surface area (Å²) in [5.74, 6) is -0.140. The van der Waals surface area contributed by atoms with E-state index in [4.69, 9.17) is 0 Å². The first-order valence-electron chi connectivity index (χ1n) is 8.75. The van der Waals surface area contributed by atoms with Crippen molar-refractivity contribution in [3.05, 3.63) is 72.4 Å². The Morgan fingerprint density at radius 2 is 1.62 bits per heavy atom. The van der Waals surface area contributed by atoms with Gasteiger partial charge in [0.05, 0.1) is 5.69 Å². The van der Waals surface area contributed by atoms with Crippen LogP contribution in [-0.2, 0) is 18.6 Å². The molecule has 3 aromatic rings. The van der Waals surface area contributed by atoms with Gasteiger partial charge in [-0.2, -0.15) is 5.10 Å². The van der Waals surface area contributed by atoms with Crippen molar-refractivity contribution >= 4 is 5.91 Å². The van der Waals surface area contributed by atoms with Gasteiger partial charge in [0.1, 0.15) is 0 Å². The Morgan fingerprint density at radius 1 is 1.00 bits per heavy atom. The zero-order valence-electron chi connectivity index (χ0n) is 14.4. The van der Waals surface area contributed by atoms with E-state index in [0.717, 1.165) is 29.8 Å². The molecule has 1 N–H and O–H groups in total. The molecule has 0 bridgehead atoms.